The number of allylic oxidation sites excluding steroid dienone is 2. The Hall–Kier alpha value is -1.98. The Morgan fingerprint density at radius 2 is 1.91 bits per heavy atom. The van der Waals surface area contributed by atoms with Crippen LogP contribution in [0.4, 0.5) is 0 Å². The van der Waals surface area contributed by atoms with Crippen LogP contribution in [0.2, 0.25) is 0 Å². The molecule has 0 spiro atoms. The number of ether oxygens (including phenoxy) is 1. The number of hydrogen-bond acceptors (Lipinski definition) is 5. The van der Waals surface area contributed by atoms with Gasteiger partial charge in [0.2, 0.25) is 0 Å². The fourth-order valence-corrected chi connectivity index (χ4v) is 3.71. The van der Waals surface area contributed by atoms with Crippen LogP contribution in [0.25, 0.3) is 0 Å². The zero-order chi connectivity index (χ0) is 18.0. The van der Waals surface area contributed by atoms with Crippen molar-refractivity contribution in [1.82, 2.24) is 0 Å². The highest BCUT2D eigenvalue weighted by Crippen LogP contribution is 2.54. The predicted octanol–water partition coefficient (Wildman–Crippen LogP) is 2.16. The first-order valence-corrected chi connectivity index (χ1v) is 7.55. The summed E-state index contributed by atoms with van der Waals surface area (Å²) in [6.45, 7) is 6.53. The molecule has 0 aromatic rings. The average molecular weight is 324 g/mol. The second kappa shape index (κ2) is 6.64. The van der Waals surface area contributed by atoms with Gasteiger partial charge in [-0.2, -0.15) is 0 Å². The van der Waals surface area contributed by atoms with Gasteiger partial charge in [0.25, 0.3) is 0 Å². The number of methoxy groups -OCH3 is 1. The molecule has 1 N–H and O–H groups in total. The van der Waals surface area contributed by atoms with Crippen LogP contribution in [-0.2, 0) is 23.9 Å². The monoisotopic (exact) mass is 324 g/mol. The van der Waals surface area contributed by atoms with E-state index < -0.39 is 28.7 Å². The lowest BCUT2D eigenvalue weighted by atomic mass is 9.51. The Morgan fingerprint density at radius 3 is 2.39 bits per heavy atom. The number of hydrogen-bond donors (Lipinski definition) is 1. The third-order valence-corrected chi connectivity index (χ3v) is 5.06. The van der Waals surface area contributed by atoms with Crippen molar-refractivity contribution in [2.24, 2.45) is 16.7 Å². The molecule has 0 bridgehead atoms. The molecule has 23 heavy (non-hydrogen) atoms. The number of aliphatic carboxylic acids is 1. The molecule has 6 nitrogen and oxygen atoms in total. The Balaban J connectivity index is 3.42. The van der Waals surface area contributed by atoms with Gasteiger partial charge in [0, 0.05) is 17.8 Å². The van der Waals surface area contributed by atoms with Crippen molar-refractivity contribution in [3.63, 3.8) is 0 Å². The van der Waals surface area contributed by atoms with E-state index in [1.54, 1.807) is 27.7 Å². The number of rotatable bonds is 6. The zero-order valence-electron chi connectivity index (χ0n) is 14.3. The summed E-state index contributed by atoms with van der Waals surface area (Å²) < 4.78 is 4.63. The molecule has 1 rings (SSSR count). The topological polar surface area (TPSA) is 97.7 Å². The maximum absolute atomic E-state index is 12.8. The SMILES string of the molecule is COC(=O)CCC1(C(C)(C)CC(=O)O)C(=O)C=C(C)C(=O)C1C. The fraction of sp³-hybridized carbons (Fsp3) is 0.647. The summed E-state index contributed by atoms with van der Waals surface area (Å²) in [5.41, 5.74) is -1.87. The summed E-state index contributed by atoms with van der Waals surface area (Å²) in [5, 5.41) is 9.20. The lowest BCUT2D eigenvalue weighted by Crippen LogP contribution is -2.54. The first-order chi connectivity index (χ1) is 10.5. The maximum Gasteiger partial charge on any atom is 0.305 e. The zero-order valence-corrected chi connectivity index (χ0v) is 14.3. The van der Waals surface area contributed by atoms with Crippen molar-refractivity contribution < 1.29 is 29.0 Å². The summed E-state index contributed by atoms with van der Waals surface area (Å²) >= 11 is 0. The van der Waals surface area contributed by atoms with E-state index in [0.717, 1.165) is 0 Å². The molecule has 2 atom stereocenters. The minimum absolute atomic E-state index is 0.0458. The van der Waals surface area contributed by atoms with Crippen LogP contribution in [0.1, 0.15) is 47.0 Å². The van der Waals surface area contributed by atoms with Crippen LogP contribution in [0.3, 0.4) is 0 Å². The van der Waals surface area contributed by atoms with Crippen molar-refractivity contribution in [2.75, 3.05) is 7.11 Å². The smallest absolute Gasteiger partial charge is 0.305 e. The molecule has 0 aromatic heterocycles. The van der Waals surface area contributed by atoms with Crippen LogP contribution in [0, 0.1) is 16.7 Å². The van der Waals surface area contributed by atoms with E-state index in [1.807, 2.05) is 0 Å². The van der Waals surface area contributed by atoms with E-state index in [-0.39, 0.29) is 30.8 Å². The van der Waals surface area contributed by atoms with E-state index in [2.05, 4.69) is 4.74 Å². The summed E-state index contributed by atoms with van der Waals surface area (Å²) in [6, 6.07) is 0. The van der Waals surface area contributed by atoms with Crippen LogP contribution in [-0.4, -0.2) is 35.7 Å². The number of Topliss-reactive ketones (excluding diaryl/α,β-unsaturated/α-hetero) is 1. The number of carbonyl (C=O) groups is 4. The molecule has 0 saturated carbocycles. The van der Waals surface area contributed by atoms with E-state index in [1.165, 1.54) is 13.2 Å². The Bertz CT molecular complexity index is 572. The highest BCUT2D eigenvalue weighted by Gasteiger charge is 2.57. The molecule has 0 radical (unpaired) electrons. The van der Waals surface area contributed by atoms with E-state index in [9.17, 15) is 24.3 Å². The Labute approximate surface area is 135 Å². The van der Waals surface area contributed by atoms with Gasteiger partial charge in [-0.3, -0.25) is 19.2 Å². The molecule has 1 aliphatic rings. The minimum atomic E-state index is -1.24. The Kier molecular flexibility index (Phi) is 5.51. The van der Waals surface area contributed by atoms with Crippen molar-refractivity contribution in [3.05, 3.63) is 11.6 Å². The quantitative estimate of drug-likeness (QED) is 0.752. The van der Waals surface area contributed by atoms with Gasteiger partial charge in [0.05, 0.1) is 13.5 Å². The number of carboxylic acid groups (broad SMARTS) is 1. The molecule has 2 unspecified atom stereocenters. The molecule has 6 heteroatoms. The van der Waals surface area contributed by atoms with Gasteiger partial charge < -0.3 is 9.84 Å². The van der Waals surface area contributed by atoms with Gasteiger partial charge in [-0.05, 0) is 30.4 Å². The predicted molar refractivity (Wildman–Crippen MR) is 82.7 cm³/mol. The highest BCUT2D eigenvalue weighted by molar-refractivity contribution is 6.12. The number of esters is 1. The van der Waals surface area contributed by atoms with Gasteiger partial charge in [-0.25, -0.2) is 0 Å². The summed E-state index contributed by atoms with van der Waals surface area (Å²) in [4.78, 5) is 48.1. The Morgan fingerprint density at radius 1 is 1.35 bits per heavy atom. The third kappa shape index (κ3) is 3.35. The van der Waals surface area contributed by atoms with E-state index in [4.69, 9.17) is 0 Å². The van der Waals surface area contributed by atoms with Crippen LogP contribution >= 0.6 is 0 Å². The number of carbonyl (C=O) groups excluding carboxylic acids is 3. The second-order valence-electron chi connectivity index (χ2n) is 6.78. The van der Waals surface area contributed by atoms with Crippen molar-refractivity contribution in [1.29, 1.82) is 0 Å². The summed E-state index contributed by atoms with van der Waals surface area (Å²) in [7, 11) is 1.25. The molecule has 1 aliphatic carbocycles. The molecule has 0 saturated heterocycles. The van der Waals surface area contributed by atoms with Crippen LogP contribution in [0.15, 0.2) is 11.6 Å². The molecule has 0 fully saturated rings. The first kappa shape index (κ1) is 19.1. The molecule has 0 amide bonds. The van der Waals surface area contributed by atoms with E-state index >= 15 is 0 Å². The second-order valence-corrected chi connectivity index (χ2v) is 6.78. The molecular formula is C17H24O6. The summed E-state index contributed by atoms with van der Waals surface area (Å²) in [5.74, 6) is -2.72. The van der Waals surface area contributed by atoms with Crippen molar-refractivity contribution in [2.45, 2.75) is 47.0 Å². The molecule has 0 aromatic carbocycles. The lowest BCUT2D eigenvalue weighted by Gasteiger charge is -2.49. The van der Waals surface area contributed by atoms with Gasteiger partial charge in [-0.1, -0.05) is 20.8 Å². The van der Waals surface area contributed by atoms with Crippen LogP contribution in [0.5, 0.6) is 0 Å². The first-order valence-electron chi connectivity index (χ1n) is 7.55. The number of carboxylic acids is 1. The van der Waals surface area contributed by atoms with Gasteiger partial charge >= 0.3 is 11.9 Å². The van der Waals surface area contributed by atoms with Gasteiger partial charge in [0.1, 0.15) is 0 Å². The lowest BCUT2D eigenvalue weighted by molar-refractivity contribution is -0.155. The maximum atomic E-state index is 12.8. The standard InChI is InChI=1S/C17H24O6/c1-10-8-12(18)17(11(2)15(10)22,7-6-14(21)23-5)16(3,4)9-13(19)20/h8,11H,6-7,9H2,1-5H3,(H,19,20). The van der Waals surface area contributed by atoms with Crippen molar-refractivity contribution in [3.8, 4) is 0 Å². The van der Waals surface area contributed by atoms with E-state index in [0.29, 0.717) is 5.57 Å². The molecule has 128 valence electrons. The highest BCUT2D eigenvalue weighted by atomic mass is 16.5. The fourth-order valence-electron chi connectivity index (χ4n) is 3.71. The largest absolute Gasteiger partial charge is 0.481 e. The molecular weight excluding hydrogens is 300 g/mol. The summed E-state index contributed by atoms with van der Waals surface area (Å²) in [6.07, 6.45) is 1.04. The van der Waals surface area contributed by atoms with Gasteiger partial charge in [-0.15, -0.1) is 0 Å². The molecule has 0 aliphatic heterocycles. The third-order valence-electron chi connectivity index (χ3n) is 5.06. The van der Waals surface area contributed by atoms with Crippen LogP contribution < -0.4 is 0 Å². The average Bonchev–Trinajstić information content (AvgIpc) is 2.43. The normalized spacial score (nSPS) is 25.1. The van der Waals surface area contributed by atoms with Crippen molar-refractivity contribution >= 4 is 23.5 Å². The molecule has 0 heterocycles. The minimum Gasteiger partial charge on any atom is -0.481 e. The van der Waals surface area contributed by atoms with Gasteiger partial charge in [0.15, 0.2) is 11.6 Å². The number of ketones is 2.